The van der Waals surface area contributed by atoms with E-state index in [9.17, 15) is 28.8 Å². The van der Waals surface area contributed by atoms with Crippen molar-refractivity contribution in [2.45, 2.75) is 52.6 Å². The van der Waals surface area contributed by atoms with Gasteiger partial charge in [-0.05, 0) is 29.5 Å². The first-order valence-electron chi connectivity index (χ1n) is 10.5. The first-order valence-corrected chi connectivity index (χ1v) is 10.5. The molecular weight excluding hydrogens is 468 g/mol. The lowest BCUT2D eigenvalue weighted by Gasteiger charge is -2.07. The number of rotatable bonds is 11. The molecule has 0 amide bonds. The number of hydrogen-bond acceptors (Lipinski definition) is 8. The highest BCUT2D eigenvalue weighted by molar-refractivity contribution is 6.42. The fourth-order valence-electron chi connectivity index (χ4n) is 2.78. The minimum absolute atomic E-state index is 0. The maximum Gasteiger partial charge on any atom is 0.320 e. The van der Waals surface area contributed by atoms with Gasteiger partial charge in [-0.2, -0.15) is 0 Å². The van der Waals surface area contributed by atoms with Crippen molar-refractivity contribution in [3.05, 3.63) is 70.8 Å². The zero-order valence-electron chi connectivity index (χ0n) is 19.4. The van der Waals surface area contributed by atoms with Crippen molar-refractivity contribution in [2.75, 3.05) is 0 Å². The molecule has 10 heteroatoms. The van der Waals surface area contributed by atoms with E-state index in [1.165, 1.54) is 26.0 Å². The molecule has 0 saturated carbocycles. The van der Waals surface area contributed by atoms with Crippen molar-refractivity contribution in [3.63, 3.8) is 0 Å². The van der Waals surface area contributed by atoms with Gasteiger partial charge in [0, 0.05) is 25.8 Å². The zero-order valence-corrected chi connectivity index (χ0v) is 19.4. The highest BCUT2D eigenvalue weighted by Crippen LogP contribution is 2.09. The molecule has 2 atom stereocenters. The average Bonchev–Trinajstić information content (AvgIpc) is 2.80. The van der Waals surface area contributed by atoms with Gasteiger partial charge in [0.25, 0.3) is 0 Å². The molecule has 0 aliphatic rings. The summed E-state index contributed by atoms with van der Waals surface area (Å²) in [4.78, 5) is 65.3. The van der Waals surface area contributed by atoms with E-state index in [0.29, 0.717) is 11.1 Å². The second kappa shape index (κ2) is 15.1. The van der Waals surface area contributed by atoms with E-state index in [0.717, 1.165) is 11.1 Å². The number of carboxylic acids is 2. The number of aliphatic carboxylic acids is 2. The monoisotopic (exact) mass is 500 g/mol. The van der Waals surface area contributed by atoms with Crippen LogP contribution in [0.25, 0.3) is 0 Å². The number of carbonyl (C=O) groups excluding carboxylic acids is 4. The molecule has 10 nitrogen and oxygen atoms in total. The predicted octanol–water partition coefficient (Wildman–Crippen LogP) is 1.39. The molecule has 0 radical (unpaired) electrons. The molecule has 2 aromatic carbocycles. The first kappa shape index (κ1) is 32.0. The molecule has 2 unspecified atom stereocenters. The van der Waals surface area contributed by atoms with E-state index in [1.54, 1.807) is 36.4 Å². The Bertz CT molecular complexity index is 1090. The van der Waals surface area contributed by atoms with E-state index in [4.69, 9.17) is 21.7 Å². The molecular formula is C26H32N2O8. The van der Waals surface area contributed by atoms with Crippen LogP contribution in [0.15, 0.2) is 48.5 Å². The van der Waals surface area contributed by atoms with Crippen LogP contribution in [-0.4, -0.2) is 57.4 Å². The molecule has 194 valence electrons. The van der Waals surface area contributed by atoms with Gasteiger partial charge >= 0.3 is 11.9 Å². The zero-order chi connectivity index (χ0) is 26.7. The van der Waals surface area contributed by atoms with Crippen LogP contribution in [0.3, 0.4) is 0 Å². The summed E-state index contributed by atoms with van der Waals surface area (Å²) < 4.78 is 0. The second-order valence-corrected chi connectivity index (χ2v) is 7.85. The largest absolute Gasteiger partial charge is 0.480 e. The van der Waals surface area contributed by atoms with Crippen LogP contribution in [-0.2, 0) is 43.2 Å². The number of benzene rings is 2. The third-order valence-corrected chi connectivity index (χ3v) is 4.86. The maximum atomic E-state index is 11.3. The minimum atomic E-state index is -1.08. The Hall–Kier alpha value is -4.02. The SMILES string of the molecule is C.CC(=O)C(=O)Cc1ccc(CC(N)C(=O)O)cc1.CC(=O)C(=O)c1ccc(CC(N)C(=O)O)cc1. The van der Waals surface area contributed by atoms with E-state index < -0.39 is 47.2 Å². The number of Topliss-reactive ketones (excluding diaryl/α,β-unsaturated/α-hetero) is 4. The molecule has 0 spiro atoms. The second-order valence-electron chi connectivity index (χ2n) is 7.85. The summed E-state index contributed by atoms with van der Waals surface area (Å²) in [5.41, 5.74) is 13.3. The molecule has 6 N–H and O–H groups in total. The van der Waals surface area contributed by atoms with Crippen molar-refractivity contribution >= 4 is 35.1 Å². The Kier molecular flexibility index (Phi) is 13.4. The van der Waals surface area contributed by atoms with Crippen LogP contribution in [0.1, 0.15) is 48.3 Å². The highest BCUT2D eigenvalue weighted by Gasteiger charge is 2.14. The fourth-order valence-corrected chi connectivity index (χ4v) is 2.78. The number of nitrogens with two attached hydrogens (primary N) is 2. The molecule has 2 rings (SSSR count). The van der Waals surface area contributed by atoms with Gasteiger partial charge in [-0.25, -0.2) is 0 Å². The first-order chi connectivity index (χ1) is 16.3. The van der Waals surface area contributed by atoms with Crippen molar-refractivity contribution in [1.29, 1.82) is 0 Å². The standard InChI is InChI=1S/C13H15NO4.C12H13NO4.CH4/c1-8(15)12(16)7-10-4-2-9(3-5-10)6-11(14)13(17)18;1-7(14)11(15)9-4-2-8(3-5-9)6-10(13)12(16)17;/h2-5,11H,6-7,14H2,1H3,(H,17,18);2-5,10H,6,13H2,1H3,(H,16,17);1H4. The molecule has 36 heavy (non-hydrogen) atoms. The van der Waals surface area contributed by atoms with Gasteiger partial charge in [-0.15, -0.1) is 0 Å². The van der Waals surface area contributed by atoms with Gasteiger partial charge in [0.2, 0.25) is 11.6 Å². The third-order valence-electron chi connectivity index (χ3n) is 4.86. The fraction of sp³-hybridized carbons (Fsp3) is 0.308. The Labute approximate surface area is 209 Å². The maximum absolute atomic E-state index is 11.3. The van der Waals surface area contributed by atoms with Gasteiger partial charge in [0.15, 0.2) is 11.6 Å². The summed E-state index contributed by atoms with van der Waals surface area (Å²) in [7, 11) is 0. The Morgan fingerprint density at radius 2 is 1.03 bits per heavy atom. The predicted molar refractivity (Wildman–Crippen MR) is 133 cm³/mol. The van der Waals surface area contributed by atoms with Crippen LogP contribution in [0.2, 0.25) is 0 Å². The van der Waals surface area contributed by atoms with Crippen LogP contribution in [0.4, 0.5) is 0 Å². The van der Waals surface area contributed by atoms with Crippen molar-refractivity contribution in [2.24, 2.45) is 11.5 Å². The van der Waals surface area contributed by atoms with E-state index in [-0.39, 0.29) is 26.7 Å². The number of carboxylic acid groups (broad SMARTS) is 2. The topological polar surface area (TPSA) is 195 Å². The summed E-state index contributed by atoms with van der Waals surface area (Å²) in [6, 6.07) is 11.1. The molecule has 0 aliphatic carbocycles. The Balaban J connectivity index is 0.000000663. The van der Waals surface area contributed by atoms with Crippen LogP contribution < -0.4 is 11.5 Å². The third kappa shape index (κ3) is 10.9. The van der Waals surface area contributed by atoms with Crippen molar-refractivity contribution in [1.82, 2.24) is 0 Å². The molecule has 0 aromatic heterocycles. The van der Waals surface area contributed by atoms with Gasteiger partial charge < -0.3 is 21.7 Å². The van der Waals surface area contributed by atoms with Crippen LogP contribution in [0, 0.1) is 0 Å². The summed E-state index contributed by atoms with van der Waals surface area (Å²) in [6.45, 7) is 2.44. The number of carbonyl (C=O) groups is 6. The van der Waals surface area contributed by atoms with Crippen molar-refractivity contribution in [3.8, 4) is 0 Å². The van der Waals surface area contributed by atoms with Gasteiger partial charge in [-0.1, -0.05) is 56.0 Å². The van der Waals surface area contributed by atoms with E-state index in [1.807, 2.05) is 0 Å². The normalized spacial score (nSPS) is 11.6. The van der Waals surface area contributed by atoms with E-state index in [2.05, 4.69) is 0 Å². The summed E-state index contributed by atoms with van der Waals surface area (Å²) in [6.07, 6.45) is 0.487. The van der Waals surface area contributed by atoms with Crippen LogP contribution >= 0.6 is 0 Å². The Morgan fingerprint density at radius 1 is 0.667 bits per heavy atom. The van der Waals surface area contributed by atoms with E-state index >= 15 is 0 Å². The lowest BCUT2D eigenvalue weighted by atomic mass is 10.0. The molecule has 0 heterocycles. The van der Waals surface area contributed by atoms with Crippen molar-refractivity contribution < 1.29 is 39.0 Å². The summed E-state index contributed by atoms with van der Waals surface area (Å²) in [5.74, 6) is -4.12. The van der Waals surface area contributed by atoms with Gasteiger partial charge in [0.1, 0.15) is 12.1 Å². The molecule has 0 fully saturated rings. The quantitative estimate of drug-likeness (QED) is 0.258. The molecule has 0 saturated heterocycles. The van der Waals surface area contributed by atoms with Gasteiger partial charge in [0.05, 0.1) is 0 Å². The lowest BCUT2D eigenvalue weighted by Crippen LogP contribution is -2.32. The van der Waals surface area contributed by atoms with Gasteiger partial charge in [-0.3, -0.25) is 28.8 Å². The molecule has 2 aromatic rings. The van der Waals surface area contributed by atoms with Crippen LogP contribution in [0.5, 0.6) is 0 Å². The number of ketones is 4. The number of hydrogen-bond donors (Lipinski definition) is 4. The smallest absolute Gasteiger partial charge is 0.320 e. The summed E-state index contributed by atoms with van der Waals surface area (Å²) in [5, 5.41) is 17.3. The average molecular weight is 501 g/mol. The summed E-state index contributed by atoms with van der Waals surface area (Å²) >= 11 is 0. The highest BCUT2D eigenvalue weighted by atomic mass is 16.4. The lowest BCUT2D eigenvalue weighted by molar-refractivity contribution is -0.139. The minimum Gasteiger partial charge on any atom is -0.480 e. The Morgan fingerprint density at radius 3 is 1.36 bits per heavy atom. The molecule has 0 aliphatic heterocycles. The molecule has 0 bridgehead atoms.